The summed E-state index contributed by atoms with van der Waals surface area (Å²) in [5.41, 5.74) is 7.07. The predicted molar refractivity (Wildman–Crippen MR) is 82.4 cm³/mol. The van der Waals surface area contributed by atoms with E-state index in [9.17, 15) is 4.79 Å². The number of hydrogen-bond donors (Lipinski definition) is 1. The first-order valence-corrected chi connectivity index (χ1v) is 7.66. The smallest absolute Gasteiger partial charge is 0.223 e. The first kappa shape index (κ1) is 15.0. The topological polar surface area (TPSA) is 46.3 Å². The van der Waals surface area contributed by atoms with E-state index in [-0.39, 0.29) is 17.9 Å². The summed E-state index contributed by atoms with van der Waals surface area (Å²) < 4.78 is 0. The molecule has 0 aromatic heterocycles. The second kappa shape index (κ2) is 6.89. The zero-order valence-corrected chi connectivity index (χ0v) is 12.6. The first-order chi connectivity index (χ1) is 9.61. The summed E-state index contributed by atoms with van der Waals surface area (Å²) in [6.45, 7) is 5.81. The van der Waals surface area contributed by atoms with Gasteiger partial charge in [0.1, 0.15) is 0 Å². The van der Waals surface area contributed by atoms with E-state index in [1.807, 2.05) is 23.1 Å². The number of nitrogens with zero attached hydrogens (tertiary/aromatic N) is 1. The lowest BCUT2D eigenvalue weighted by atomic mass is 9.91. The van der Waals surface area contributed by atoms with Crippen LogP contribution in [0.1, 0.15) is 44.6 Å². The number of amides is 1. The number of carbonyl (C=O) groups excluding carboxylic acids is 1. The Morgan fingerprint density at radius 3 is 2.75 bits per heavy atom. The van der Waals surface area contributed by atoms with Crippen molar-refractivity contribution < 1.29 is 4.79 Å². The van der Waals surface area contributed by atoms with E-state index in [0.29, 0.717) is 18.9 Å². The zero-order chi connectivity index (χ0) is 14.5. The van der Waals surface area contributed by atoms with Crippen LogP contribution in [0.3, 0.4) is 0 Å². The van der Waals surface area contributed by atoms with Crippen molar-refractivity contribution in [3.63, 3.8) is 0 Å². The van der Waals surface area contributed by atoms with Crippen LogP contribution in [0.15, 0.2) is 30.3 Å². The quantitative estimate of drug-likeness (QED) is 0.917. The Balaban J connectivity index is 1.97. The van der Waals surface area contributed by atoms with Crippen molar-refractivity contribution in [1.82, 2.24) is 4.90 Å². The van der Waals surface area contributed by atoms with Crippen LogP contribution in [0.25, 0.3) is 0 Å². The third kappa shape index (κ3) is 3.60. The molecule has 0 aliphatic carbocycles. The fourth-order valence-electron chi connectivity index (χ4n) is 3.08. The van der Waals surface area contributed by atoms with Crippen molar-refractivity contribution in [1.29, 1.82) is 0 Å². The molecule has 3 nitrogen and oxygen atoms in total. The molecule has 0 spiro atoms. The molecule has 2 N–H and O–H groups in total. The molecule has 1 aromatic carbocycles. The highest BCUT2D eigenvalue weighted by molar-refractivity contribution is 5.77. The summed E-state index contributed by atoms with van der Waals surface area (Å²) in [6, 6.07) is 10.5. The Labute approximate surface area is 122 Å². The third-order valence-electron chi connectivity index (χ3n) is 4.42. The lowest BCUT2D eigenvalue weighted by Gasteiger charge is -2.38. The van der Waals surface area contributed by atoms with Gasteiger partial charge in [0.25, 0.3) is 0 Å². The molecule has 1 amide bonds. The summed E-state index contributed by atoms with van der Waals surface area (Å²) >= 11 is 0. The van der Waals surface area contributed by atoms with E-state index in [1.165, 1.54) is 5.56 Å². The summed E-state index contributed by atoms with van der Waals surface area (Å²) in [5, 5.41) is 0. The molecule has 1 aliphatic heterocycles. The van der Waals surface area contributed by atoms with Crippen LogP contribution < -0.4 is 5.73 Å². The van der Waals surface area contributed by atoms with Gasteiger partial charge >= 0.3 is 0 Å². The van der Waals surface area contributed by atoms with Crippen molar-refractivity contribution in [3.05, 3.63) is 35.9 Å². The molecule has 0 bridgehead atoms. The van der Waals surface area contributed by atoms with Crippen molar-refractivity contribution in [2.45, 2.75) is 45.1 Å². The van der Waals surface area contributed by atoms with E-state index >= 15 is 0 Å². The van der Waals surface area contributed by atoms with Crippen molar-refractivity contribution in [3.8, 4) is 0 Å². The highest BCUT2D eigenvalue weighted by atomic mass is 16.2. The molecule has 3 heteroatoms. The van der Waals surface area contributed by atoms with Gasteiger partial charge in [-0.2, -0.15) is 0 Å². The maximum atomic E-state index is 12.5. The lowest BCUT2D eigenvalue weighted by molar-refractivity contribution is -0.135. The van der Waals surface area contributed by atoms with Crippen molar-refractivity contribution >= 4 is 5.91 Å². The Morgan fingerprint density at radius 2 is 2.10 bits per heavy atom. The van der Waals surface area contributed by atoms with Crippen LogP contribution in [0.4, 0.5) is 0 Å². The molecule has 0 radical (unpaired) electrons. The van der Waals surface area contributed by atoms with E-state index in [4.69, 9.17) is 5.73 Å². The first-order valence-electron chi connectivity index (χ1n) is 7.66. The minimum atomic E-state index is 0.231. The van der Waals surface area contributed by atoms with Crippen molar-refractivity contribution in [2.24, 2.45) is 11.7 Å². The molecule has 1 saturated heterocycles. The largest absolute Gasteiger partial charge is 0.338 e. The Hall–Kier alpha value is -1.35. The van der Waals surface area contributed by atoms with Gasteiger partial charge in [0, 0.05) is 25.6 Å². The van der Waals surface area contributed by atoms with Crippen LogP contribution in [-0.4, -0.2) is 29.9 Å². The molecular formula is C17H26N2O. The van der Waals surface area contributed by atoms with Crippen LogP contribution in [0, 0.1) is 5.92 Å². The van der Waals surface area contributed by atoms with E-state index in [1.54, 1.807) is 0 Å². The maximum Gasteiger partial charge on any atom is 0.223 e. The minimum Gasteiger partial charge on any atom is -0.338 e. The van der Waals surface area contributed by atoms with Gasteiger partial charge in [-0.25, -0.2) is 0 Å². The van der Waals surface area contributed by atoms with E-state index in [0.717, 1.165) is 19.4 Å². The number of piperidine rings is 1. The second-order valence-electron chi connectivity index (χ2n) is 6.12. The summed E-state index contributed by atoms with van der Waals surface area (Å²) in [6.07, 6.45) is 2.72. The SMILES string of the molecule is CC1CCN(C(=O)CC(C)c2ccccc2)C(CN)C1. The normalized spacial score (nSPS) is 24.4. The van der Waals surface area contributed by atoms with E-state index in [2.05, 4.69) is 26.0 Å². The van der Waals surface area contributed by atoms with Crippen LogP contribution in [0.2, 0.25) is 0 Å². The molecular weight excluding hydrogens is 248 g/mol. The number of rotatable bonds is 4. The molecule has 2 rings (SSSR count). The fourth-order valence-corrected chi connectivity index (χ4v) is 3.08. The Morgan fingerprint density at radius 1 is 1.40 bits per heavy atom. The number of carbonyl (C=O) groups is 1. The van der Waals surface area contributed by atoms with Crippen LogP contribution in [0.5, 0.6) is 0 Å². The minimum absolute atomic E-state index is 0.231. The Bertz CT molecular complexity index is 432. The van der Waals surface area contributed by atoms with Gasteiger partial charge < -0.3 is 10.6 Å². The van der Waals surface area contributed by atoms with Gasteiger partial charge in [0.15, 0.2) is 0 Å². The molecule has 1 aromatic rings. The molecule has 1 fully saturated rings. The lowest BCUT2D eigenvalue weighted by Crippen LogP contribution is -2.49. The van der Waals surface area contributed by atoms with Gasteiger partial charge in [-0.1, -0.05) is 44.2 Å². The monoisotopic (exact) mass is 274 g/mol. The predicted octanol–water partition coefficient (Wildman–Crippen LogP) is 2.77. The number of hydrogen-bond acceptors (Lipinski definition) is 2. The summed E-state index contributed by atoms with van der Waals surface area (Å²) in [4.78, 5) is 14.5. The van der Waals surface area contributed by atoms with E-state index < -0.39 is 0 Å². The average molecular weight is 274 g/mol. The highest BCUT2D eigenvalue weighted by Crippen LogP contribution is 2.25. The number of likely N-dealkylation sites (tertiary alicyclic amines) is 1. The zero-order valence-electron chi connectivity index (χ0n) is 12.6. The van der Waals surface area contributed by atoms with Crippen molar-refractivity contribution in [2.75, 3.05) is 13.1 Å². The molecule has 3 atom stereocenters. The molecule has 0 saturated carbocycles. The van der Waals surface area contributed by atoms with Crippen LogP contribution >= 0.6 is 0 Å². The average Bonchev–Trinajstić information content (AvgIpc) is 2.47. The molecule has 110 valence electrons. The Kier molecular flexibility index (Phi) is 5.18. The van der Waals surface area contributed by atoms with Gasteiger partial charge in [-0.3, -0.25) is 4.79 Å². The third-order valence-corrected chi connectivity index (χ3v) is 4.42. The number of benzene rings is 1. The van der Waals surface area contributed by atoms with Crippen LogP contribution in [-0.2, 0) is 4.79 Å². The number of nitrogens with two attached hydrogens (primary N) is 1. The van der Waals surface area contributed by atoms with Gasteiger partial charge in [0.05, 0.1) is 0 Å². The molecule has 1 aliphatic rings. The van der Waals surface area contributed by atoms with Gasteiger partial charge in [-0.15, -0.1) is 0 Å². The highest BCUT2D eigenvalue weighted by Gasteiger charge is 2.29. The second-order valence-corrected chi connectivity index (χ2v) is 6.12. The standard InChI is InChI=1S/C17H26N2O/c1-13-8-9-19(16(10-13)12-18)17(20)11-14(2)15-6-4-3-5-7-15/h3-7,13-14,16H,8-12,18H2,1-2H3. The molecule has 20 heavy (non-hydrogen) atoms. The molecule has 1 heterocycles. The summed E-state index contributed by atoms with van der Waals surface area (Å²) in [5.74, 6) is 1.20. The van der Waals surface area contributed by atoms with Gasteiger partial charge in [0.2, 0.25) is 5.91 Å². The maximum absolute atomic E-state index is 12.5. The molecule has 3 unspecified atom stereocenters. The fraction of sp³-hybridized carbons (Fsp3) is 0.588. The summed E-state index contributed by atoms with van der Waals surface area (Å²) in [7, 11) is 0. The van der Waals surface area contributed by atoms with Gasteiger partial charge in [-0.05, 0) is 30.2 Å².